The summed E-state index contributed by atoms with van der Waals surface area (Å²) in [5.41, 5.74) is 0.198. The van der Waals surface area contributed by atoms with Gasteiger partial charge in [-0.25, -0.2) is 13.1 Å². The van der Waals surface area contributed by atoms with E-state index in [-0.39, 0.29) is 22.4 Å². The smallest absolute Gasteiger partial charge is 0.254 e. The maximum Gasteiger partial charge on any atom is 0.254 e. The van der Waals surface area contributed by atoms with Crippen molar-refractivity contribution in [2.75, 3.05) is 14.2 Å². The number of carbonyl (C=O) groups is 1. The molecule has 1 aliphatic carbocycles. The first kappa shape index (κ1) is 13.8. The van der Waals surface area contributed by atoms with Gasteiger partial charge in [-0.15, -0.1) is 0 Å². The lowest BCUT2D eigenvalue weighted by Gasteiger charge is -2.10. The summed E-state index contributed by atoms with van der Waals surface area (Å²) in [4.78, 5) is 11.8. The molecule has 1 fully saturated rings. The second-order valence-corrected chi connectivity index (χ2v) is 6.05. The maximum absolute atomic E-state index is 12.1. The van der Waals surface area contributed by atoms with E-state index in [0.717, 1.165) is 12.8 Å². The minimum atomic E-state index is -3.57. The Balaban J connectivity index is 2.39. The molecular formula is C12H16N2O4S. The zero-order valence-electron chi connectivity index (χ0n) is 10.8. The van der Waals surface area contributed by atoms with Crippen molar-refractivity contribution in [3.05, 3.63) is 23.8 Å². The Bertz CT molecular complexity index is 594. The predicted octanol–water partition coefficient (Wildman–Crippen LogP) is 0.495. The lowest BCUT2D eigenvalue weighted by molar-refractivity contribution is 0.0960. The van der Waals surface area contributed by atoms with Gasteiger partial charge in [0.2, 0.25) is 10.0 Å². The monoisotopic (exact) mass is 284 g/mol. The largest absolute Gasteiger partial charge is 0.496 e. The molecule has 0 unspecified atom stereocenters. The number of methoxy groups -OCH3 is 1. The molecule has 0 heterocycles. The minimum Gasteiger partial charge on any atom is -0.496 e. The summed E-state index contributed by atoms with van der Waals surface area (Å²) in [5.74, 6) is -0.0509. The van der Waals surface area contributed by atoms with Gasteiger partial charge in [0.1, 0.15) is 5.75 Å². The van der Waals surface area contributed by atoms with E-state index in [1.165, 1.54) is 32.4 Å². The summed E-state index contributed by atoms with van der Waals surface area (Å²) in [6.07, 6.45) is 1.72. The molecule has 1 aromatic carbocycles. The lowest BCUT2D eigenvalue weighted by Crippen LogP contribution is -2.26. The van der Waals surface area contributed by atoms with E-state index in [0.29, 0.717) is 5.75 Å². The van der Waals surface area contributed by atoms with Crippen LogP contribution < -0.4 is 14.8 Å². The second kappa shape index (κ2) is 5.18. The van der Waals surface area contributed by atoms with Crippen LogP contribution in [0.4, 0.5) is 0 Å². The van der Waals surface area contributed by atoms with Crippen LogP contribution in [0.25, 0.3) is 0 Å². The first-order valence-corrected chi connectivity index (χ1v) is 7.38. The lowest BCUT2D eigenvalue weighted by atomic mass is 10.2. The summed E-state index contributed by atoms with van der Waals surface area (Å²) in [6.45, 7) is 0. The highest BCUT2D eigenvalue weighted by Gasteiger charge is 2.28. The maximum atomic E-state index is 12.1. The van der Waals surface area contributed by atoms with E-state index in [1.54, 1.807) is 0 Å². The number of benzene rings is 1. The van der Waals surface area contributed by atoms with Gasteiger partial charge in [0, 0.05) is 13.1 Å². The molecule has 0 spiro atoms. The molecule has 1 saturated carbocycles. The third-order valence-electron chi connectivity index (χ3n) is 2.85. The normalized spacial score (nSPS) is 15.1. The molecule has 1 amide bonds. The first-order chi connectivity index (χ1) is 8.97. The van der Waals surface area contributed by atoms with Gasteiger partial charge in [0.05, 0.1) is 17.6 Å². The number of nitrogens with one attached hydrogen (secondary N) is 2. The molecule has 19 heavy (non-hydrogen) atoms. The molecule has 0 bridgehead atoms. The van der Waals surface area contributed by atoms with Gasteiger partial charge in [-0.2, -0.15) is 0 Å². The molecule has 2 rings (SSSR count). The Morgan fingerprint density at radius 1 is 1.37 bits per heavy atom. The van der Waals surface area contributed by atoms with Gasteiger partial charge in [-0.05, 0) is 31.0 Å². The van der Waals surface area contributed by atoms with Crippen LogP contribution in [0.2, 0.25) is 0 Å². The third kappa shape index (κ3) is 3.05. The van der Waals surface area contributed by atoms with Crippen LogP contribution in [0, 0.1) is 0 Å². The number of amides is 1. The number of ether oxygens (including phenoxy) is 1. The number of hydrogen-bond acceptors (Lipinski definition) is 4. The summed E-state index contributed by atoms with van der Waals surface area (Å²) >= 11 is 0. The van der Waals surface area contributed by atoms with E-state index in [2.05, 4.69) is 10.0 Å². The minimum absolute atomic E-state index is 0.0237. The van der Waals surface area contributed by atoms with Crippen LogP contribution in [0.5, 0.6) is 5.75 Å². The van der Waals surface area contributed by atoms with Crippen molar-refractivity contribution in [1.82, 2.24) is 10.0 Å². The highest BCUT2D eigenvalue weighted by molar-refractivity contribution is 7.89. The predicted molar refractivity (Wildman–Crippen MR) is 69.7 cm³/mol. The highest BCUT2D eigenvalue weighted by Crippen LogP contribution is 2.25. The number of rotatable bonds is 5. The number of carbonyl (C=O) groups excluding carboxylic acids is 1. The first-order valence-electron chi connectivity index (χ1n) is 5.90. The van der Waals surface area contributed by atoms with Gasteiger partial charge in [0.25, 0.3) is 5.91 Å². The fourth-order valence-electron chi connectivity index (χ4n) is 1.66. The van der Waals surface area contributed by atoms with Gasteiger partial charge >= 0.3 is 0 Å². The van der Waals surface area contributed by atoms with Gasteiger partial charge in [0.15, 0.2) is 0 Å². The SMILES string of the molecule is CNC(=O)c1cc(S(=O)(=O)NC2CC2)ccc1OC. The fraction of sp³-hybridized carbons (Fsp3) is 0.417. The average Bonchev–Trinajstić information content (AvgIpc) is 3.20. The topological polar surface area (TPSA) is 84.5 Å². The molecule has 0 aliphatic heterocycles. The van der Waals surface area contributed by atoms with Crippen molar-refractivity contribution in [2.24, 2.45) is 0 Å². The number of hydrogen-bond donors (Lipinski definition) is 2. The fourth-order valence-corrected chi connectivity index (χ4v) is 2.99. The van der Waals surface area contributed by atoms with E-state index >= 15 is 0 Å². The molecule has 0 saturated heterocycles. The molecule has 1 aliphatic rings. The summed E-state index contributed by atoms with van der Waals surface area (Å²) in [5, 5.41) is 2.45. The Morgan fingerprint density at radius 3 is 2.58 bits per heavy atom. The van der Waals surface area contributed by atoms with Crippen LogP contribution in [-0.2, 0) is 10.0 Å². The van der Waals surface area contributed by atoms with Crippen molar-refractivity contribution in [3.8, 4) is 5.75 Å². The highest BCUT2D eigenvalue weighted by atomic mass is 32.2. The van der Waals surface area contributed by atoms with E-state index in [9.17, 15) is 13.2 Å². The van der Waals surface area contributed by atoms with Crippen molar-refractivity contribution in [2.45, 2.75) is 23.8 Å². The van der Waals surface area contributed by atoms with Crippen LogP contribution >= 0.6 is 0 Å². The molecule has 0 aromatic heterocycles. The van der Waals surface area contributed by atoms with E-state index < -0.39 is 10.0 Å². The summed E-state index contributed by atoms with van der Waals surface area (Å²) in [7, 11) is -0.665. The van der Waals surface area contributed by atoms with Crippen LogP contribution in [-0.4, -0.2) is 34.5 Å². The van der Waals surface area contributed by atoms with Crippen molar-refractivity contribution in [3.63, 3.8) is 0 Å². The third-order valence-corrected chi connectivity index (χ3v) is 4.37. The molecular weight excluding hydrogens is 268 g/mol. The molecule has 2 N–H and O–H groups in total. The molecule has 1 aromatic rings. The Labute approximate surface area is 112 Å². The van der Waals surface area contributed by atoms with Crippen molar-refractivity contribution < 1.29 is 17.9 Å². The summed E-state index contributed by atoms with van der Waals surface area (Å²) in [6, 6.07) is 4.25. The van der Waals surface area contributed by atoms with Gasteiger partial charge in [-0.3, -0.25) is 4.79 Å². The zero-order valence-corrected chi connectivity index (χ0v) is 11.6. The Hall–Kier alpha value is -1.60. The molecule has 7 heteroatoms. The molecule has 6 nitrogen and oxygen atoms in total. The summed E-state index contributed by atoms with van der Waals surface area (Å²) < 4.78 is 31.7. The van der Waals surface area contributed by atoms with E-state index in [1.807, 2.05) is 0 Å². The van der Waals surface area contributed by atoms with Crippen LogP contribution in [0.3, 0.4) is 0 Å². The Kier molecular flexibility index (Phi) is 3.77. The van der Waals surface area contributed by atoms with E-state index in [4.69, 9.17) is 4.74 Å². The number of sulfonamides is 1. The molecule has 0 atom stereocenters. The van der Waals surface area contributed by atoms with Gasteiger partial charge < -0.3 is 10.1 Å². The Morgan fingerprint density at radius 2 is 2.05 bits per heavy atom. The molecule has 0 radical (unpaired) electrons. The molecule has 104 valence electrons. The van der Waals surface area contributed by atoms with Crippen molar-refractivity contribution in [1.29, 1.82) is 0 Å². The van der Waals surface area contributed by atoms with Crippen molar-refractivity contribution >= 4 is 15.9 Å². The average molecular weight is 284 g/mol. The van der Waals surface area contributed by atoms with Crippen LogP contribution in [0.15, 0.2) is 23.1 Å². The quantitative estimate of drug-likeness (QED) is 0.824. The zero-order chi connectivity index (χ0) is 14.0. The second-order valence-electron chi connectivity index (χ2n) is 4.34. The van der Waals surface area contributed by atoms with Gasteiger partial charge in [-0.1, -0.05) is 0 Å². The standard InChI is InChI=1S/C12H16N2O4S/c1-13-12(15)10-7-9(5-6-11(10)18-2)19(16,17)14-8-3-4-8/h5-8,14H,3-4H2,1-2H3,(H,13,15). The van der Waals surface area contributed by atoms with Crippen LogP contribution in [0.1, 0.15) is 23.2 Å².